The monoisotopic (exact) mass is 360 g/mol. The Balaban J connectivity index is 0.000000240. The largest absolute Gasteiger partial charge is 0.394 e. The summed E-state index contributed by atoms with van der Waals surface area (Å²) in [4.78, 5) is 0. The Morgan fingerprint density at radius 3 is 1.00 bits per heavy atom. The molecule has 0 aromatic carbocycles. The molecule has 144 valence electrons. The highest BCUT2D eigenvalue weighted by molar-refractivity contribution is 4.88. The Morgan fingerprint density at radius 2 is 0.750 bits per heavy atom. The Hall–Kier alpha value is -0.480. The minimum Gasteiger partial charge on any atom is -0.394 e. The van der Waals surface area contributed by atoms with Crippen LogP contribution in [0.5, 0.6) is 0 Å². The van der Waals surface area contributed by atoms with Crippen molar-refractivity contribution in [3.8, 4) is 0 Å². The van der Waals surface area contributed by atoms with Crippen LogP contribution in [0.4, 0.5) is 0 Å². The average Bonchev–Trinajstić information content (AvgIpc) is 2.58. The predicted molar refractivity (Wildman–Crippen MR) is 72.0 cm³/mol. The molecule has 2 heterocycles. The Kier molecular flexibility index (Phi) is 8.34. The molecule has 12 nitrogen and oxygen atoms in total. The fourth-order valence-corrected chi connectivity index (χ4v) is 2.16. The molecule has 10 atom stereocenters. The summed E-state index contributed by atoms with van der Waals surface area (Å²) in [6.07, 6.45) is -14.1. The lowest BCUT2D eigenvalue weighted by Crippen LogP contribution is -2.58. The van der Waals surface area contributed by atoms with Crippen LogP contribution < -0.4 is 0 Å². The zero-order valence-electron chi connectivity index (χ0n) is 12.5. The maximum atomic E-state index is 9.12. The Labute approximate surface area is 136 Å². The molecule has 0 spiro atoms. The third-order valence-corrected chi connectivity index (χ3v) is 3.73. The first-order chi connectivity index (χ1) is 11.1. The highest BCUT2D eigenvalue weighted by Gasteiger charge is 2.43. The summed E-state index contributed by atoms with van der Waals surface area (Å²) >= 11 is 0. The van der Waals surface area contributed by atoms with E-state index in [0.717, 1.165) is 0 Å². The van der Waals surface area contributed by atoms with Crippen molar-refractivity contribution in [3.05, 3.63) is 0 Å². The van der Waals surface area contributed by atoms with Crippen molar-refractivity contribution >= 4 is 0 Å². The molecule has 1 unspecified atom stereocenters. The molecule has 0 aliphatic carbocycles. The van der Waals surface area contributed by atoms with Crippen LogP contribution in [-0.2, 0) is 9.47 Å². The quantitative estimate of drug-likeness (QED) is 0.222. The maximum Gasteiger partial charge on any atom is 0.184 e. The van der Waals surface area contributed by atoms with Crippen molar-refractivity contribution in [1.29, 1.82) is 0 Å². The lowest BCUT2D eigenvalue weighted by atomic mass is 10.00. The molecule has 10 N–H and O–H groups in total. The minimum absolute atomic E-state index is 0.526. The molecule has 2 saturated heterocycles. The van der Waals surface area contributed by atoms with Gasteiger partial charge in [0.15, 0.2) is 12.6 Å². The first kappa shape index (κ1) is 21.6. The van der Waals surface area contributed by atoms with E-state index in [2.05, 4.69) is 9.47 Å². The molecule has 2 fully saturated rings. The summed E-state index contributed by atoms with van der Waals surface area (Å²) in [6, 6.07) is 0. The number of aliphatic hydroxyl groups is 10. The van der Waals surface area contributed by atoms with E-state index in [4.69, 9.17) is 51.1 Å². The van der Waals surface area contributed by atoms with E-state index >= 15 is 0 Å². The molecule has 0 aromatic heterocycles. The number of hydrogen-bond acceptors (Lipinski definition) is 12. The summed E-state index contributed by atoms with van der Waals surface area (Å²) in [7, 11) is 0. The van der Waals surface area contributed by atoms with Crippen molar-refractivity contribution < 1.29 is 60.5 Å². The second-order valence-corrected chi connectivity index (χ2v) is 5.44. The summed E-state index contributed by atoms with van der Waals surface area (Å²) in [5, 5.41) is 89.3. The van der Waals surface area contributed by atoms with Crippen LogP contribution in [0.3, 0.4) is 0 Å². The predicted octanol–water partition coefficient (Wildman–Crippen LogP) is -6.44. The van der Waals surface area contributed by atoms with Gasteiger partial charge in [0.2, 0.25) is 0 Å². The molecule has 0 aromatic rings. The van der Waals surface area contributed by atoms with Gasteiger partial charge in [-0.2, -0.15) is 0 Å². The zero-order chi connectivity index (χ0) is 18.6. The van der Waals surface area contributed by atoms with Gasteiger partial charge in [-0.15, -0.1) is 0 Å². The highest BCUT2D eigenvalue weighted by atomic mass is 16.6. The van der Waals surface area contributed by atoms with Crippen molar-refractivity contribution in [1.82, 2.24) is 0 Å². The lowest BCUT2D eigenvalue weighted by molar-refractivity contribution is -0.286. The summed E-state index contributed by atoms with van der Waals surface area (Å²) in [5.74, 6) is 0. The van der Waals surface area contributed by atoms with Gasteiger partial charge in [-0.25, -0.2) is 0 Å². The van der Waals surface area contributed by atoms with Crippen LogP contribution in [0.1, 0.15) is 0 Å². The van der Waals surface area contributed by atoms with Gasteiger partial charge >= 0.3 is 0 Å². The zero-order valence-corrected chi connectivity index (χ0v) is 12.5. The van der Waals surface area contributed by atoms with E-state index in [1.807, 2.05) is 0 Å². The maximum absolute atomic E-state index is 9.12. The van der Waals surface area contributed by atoms with Crippen molar-refractivity contribution in [2.45, 2.75) is 61.4 Å². The van der Waals surface area contributed by atoms with E-state index in [0.29, 0.717) is 0 Å². The van der Waals surface area contributed by atoms with Gasteiger partial charge in [0.05, 0.1) is 13.2 Å². The smallest absolute Gasteiger partial charge is 0.184 e. The summed E-state index contributed by atoms with van der Waals surface area (Å²) < 4.78 is 9.15. The second kappa shape index (κ2) is 9.28. The van der Waals surface area contributed by atoms with Gasteiger partial charge in [0.25, 0.3) is 0 Å². The number of rotatable bonds is 2. The van der Waals surface area contributed by atoms with Crippen molar-refractivity contribution in [2.75, 3.05) is 13.2 Å². The minimum atomic E-state index is -1.57. The van der Waals surface area contributed by atoms with Gasteiger partial charge in [-0.05, 0) is 0 Å². The molecule has 0 bridgehead atoms. The molecule has 2 aliphatic rings. The van der Waals surface area contributed by atoms with E-state index < -0.39 is 74.6 Å². The summed E-state index contributed by atoms with van der Waals surface area (Å²) in [6.45, 7) is -1.05. The number of hydrogen-bond donors (Lipinski definition) is 10. The average molecular weight is 360 g/mol. The Morgan fingerprint density at radius 1 is 0.458 bits per heavy atom. The van der Waals surface area contributed by atoms with Crippen molar-refractivity contribution in [2.24, 2.45) is 0 Å². The van der Waals surface area contributed by atoms with Crippen LogP contribution in [0.2, 0.25) is 0 Å². The molecular formula is C12H24O12. The number of aliphatic hydroxyl groups excluding tert-OH is 10. The van der Waals surface area contributed by atoms with Gasteiger partial charge in [-0.3, -0.25) is 0 Å². The fraction of sp³-hybridized carbons (Fsp3) is 1.00. The van der Waals surface area contributed by atoms with Crippen LogP contribution in [0, 0.1) is 0 Å². The lowest BCUT2D eigenvalue weighted by Gasteiger charge is -2.37. The first-order valence-electron chi connectivity index (χ1n) is 7.12. The molecule has 2 aliphatic heterocycles. The number of ether oxygens (including phenoxy) is 2. The van der Waals surface area contributed by atoms with Crippen LogP contribution in [0.25, 0.3) is 0 Å². The SMILES string of the molecule is OC[C@H]1OC(O)[C@H](O)[C@@H](O)[C@@H]1O.OC[C@H]1O[C@H](O)[C@@H](O)[C@@H](O)[C@@H]1O. The van der Waals surface area contributed by atoms with Gasteiger partial charge in [-0.1, -0.05) is 0 Å². The fourth-order valence-electron chi connectivity index (χ4n) is 2.16. The van der Waals surface area contributed by atoms with Crippen molar-refractivity contribution in [3.63, 3.8) is 0 Å². The molecular weight excluding hydrogens is 336 g/mol. The molecule has 24 heavy (non-hydrogen) atoms. The molecule has 12 heteroatoms. The third kappa shape index (κ3) is 4.78. The second-order valence-electron chi connectivity index (χ2n) is 5.44. The first-order valence-corrected chi connectivity index (χ1v) is 7.12. The third-order valence-electron chi connectivity index (χ3n) is 3.73. The standard InChI is InChI=1S/2C6H12O6/c2*7-1-2-3(8)4(9)5(10)6(11)12-2/h2*2-11H,1H2/t2-,3-,4+,5+,6+;2-,3-,4+,5-,6?/m11/s1. The Bertz CT molecular complexity index is 326. The molecule has 0 amide bonds. The highest BCUT2D eigenvalue weighted by Crippen LogP contribution is 2.19. The van der Waals surface area contributed by atoms with Crippen LogP contribution in [0.15, 0.2) is 0 Å². The van der Waals surface area contributed by atoms with Crippen LogP contribution in [-0.4, -0.2) is 126 Å². The molecule has 0 radical (unpaired) electrons. The van der Waals surface area contributed by atoms with Crippen LogP contribution >= 0.6 is 0 Å². The van der Waals surface area contributed by atoms with E-state index in [-0.39, 0.29) is 0 Å². The van der Waals surface area contributed by atoms with Gasteiger partial charge in [0, 0.05) is 0 Å². The normalized spacial score (nSPS) is 49.2. The van der Waals surface area contributed by atoms with E-state index in [1.165, 1.54) is 0 Å². The van der Waals surface area contributed by atoms with E-state index in [1.54, 1.807) is 0 Å². The van der Waals surface area contributed by atoms with E-state index in [9.17, 15) is 0 Å². The molecule has 0 saturated carbocycles. The summed E-state index contributed by atoms with van der Waals surface area (Å²) in [5.41, 5.74) is 0. The van der Waals surface area contributed by atoms with Gasteiger partial charge in [0.1, 0.15) is 48.8 Å². The topological polar surface area (TPSA) is 221 Å². The molecule has 2 rings (SSSR count). The van der Waals surface area contributed by atoms with Gasteiger partial charge < -0.3 is 60.5 Å².